The van der Waals surface area contributed by atoms with E-state index >= 15 is 0 Å². The third-order valence-electron chi connectivity index (χ3n) is 11.4. The van der Waals surface area contributed by atoms with Crippen LogP contribution < -0.4 is 0 Å². The third kappa shape index (κ3) is 7.52. The summed E-state index contributed by atoms with van der Waals surface area (Å²) in [5.74, 6) is -3.04. The highest BCUT2D eigenvalue weighted by Gasteiger charge is 2.59. The number of carbonyl (C=O) groups excluding carboxylic acids is 4. The van der Waals surface area contributed by atoms with Gasteiger partial charge >= 0.3 is 12.1 Å². The van der Waals surface area contributed by atoms with Crippen LogP contribution in [0.25, 0.3) is 0 Å². The summed E-state index contributed by atoms with van der Waals surface area (Å²) in [5, 5.41) is 0. The summed E-state index contributed by atoms with van der Waals surface area (Å²) in [5.41, 5.74) is -2.18. The summed E-state index contributed by atoms with van der Waals surface area (Å²) >= 11 is 0. The Bertz CT molecular complexity index is 1210. The Morgan fingerprint density at radius 3 is 2.40 bits per heavy atom. The highest BCUT2D eigenvalue weighted by molar-refractivity contribution is 6.00. The summed E-state index contributed by atoms with van der Waals surface area (Å²) in [4.78, 5) is 59.6. The zero-order chi connectivity index (χ0) is 35.7. The lowest BCUT2D eigenvalue weighted by Gasteiger charge is -2.47. The quantitative estimate of drug-likeness (QED) is 0.183. The SMILES string of the molecule is CC[C@H]1OC(=O)C(C)C(=O)[C@H](C)[C@@H](O[C@@H]2O[C@H](C=O)CC(N(C)C)[C@H]2C)[C@@]2(C)C[C@@H](C)CN(C)[C@H](C)[C@H]3N(C/C=C/CO2)C(=O)O[C@]13C. The first-order valence-electron chi connectivity index (χ1n) is 17.6. The second kappa shape index (κ2) is 15.2. The number of nitrogens with zero attached hydrogens (tertiary/aromatic N) is 3. The van der Waals surface area contributed by atoms with Gasteiger partial charge in [-0.15, -0.1) is 0 Å². The van der Waals surface area contributed by atoms with Crippen LogP contribution in [0.2, 0.25) is 0 Å². The van der Waals surface area contributed by atoms with E-state index in [1.165, 1.54) is 0 Å². The second-order valence-corrected chi connectivity index (χ2v) is 15.3. The van der Waals surface area contributed by atoms with E-state index < -0.39 is 65.7 Å². The molecule has 2 unspecified atom stereocenters. The number of amides is 1. The minimum absolute atomic E-state index is 0.00230. The summed E-state index contributed by atoms with van der Waals surface area (Å²) < 4.78 is 32.1. The lowest BCUT2D eigenvalue weighted by molar-refractivity contribution is -0.279. The van der Waals surface area contributed by atoms with Gasteiger partial charge in [0.2, 0.25) is 0 Å². The van der Waals surface area contributed by atoms with Crippen molar-refractivity contribution in [2.24, 2.45) is 23.7 Å². The molecular weight excluding hydrogens is 618 g/mol. The number of Topliss-reactive ketones (excluding diaryl/α,β-unsaturated/α-hetero) is 1. The predicted molar refractivity (Wildman–Crippen MR) is 179 cm³/mol. The van der Waals surface area contributed by atoms with Crippen molar-refractivity contribution in [3.63, 3.8) is 0 Å². The smallest absolute Gasteiger partial charge is 0.411 e. The van der Waals surface area contributed by atoms with Crippen molar-refractivity contribution in [3.05, 3.63) is 12.2 Å². The van der Waals surface area contributed by atoms with Gasteiger partial charge in [0.15, 0.2) is 17.7 Å². The molecule has 0 radical (unpaired) electrons. The van der Waals surface area contributed by atoms with E-state index in [1.54, 1.807) is 18.7 Å². The van der Waals surface area contributed by atoms with Crippen LogP contribution in [0.1, 0.15) is 74.7 Å². The number of carbonyl (C=O) groups is 4. The Labute approximate surface area is 286 Å². The molecule has 0 saturated carbocycles. The van der Waals surface area contributed by atoms with E-state index in [4.69, 9.17) is 23.7 Å². The number of aldehydes is 1. The molecule has 4 heterocycles. The molecule has 1 amide bonds. The molecule has 0 aromatic rings. The Balaban J connectivity index is 1.86. The number of ketones is 1. The maximum absolute atomic E-state index is 14.3. The van der Waals surface area contributed by atoms with Gasteiger partial charge in [0.25, 0.3) is 0 Å². The van der Waals surface area contributed by atoms with E-state index in [0.717, 1.165) is 6.29 Å². The average Bonchev–Trinajstić information content (AvgIpc) is 3.29. The molecule has 0 aliphatic carbocycles. The van der Waals surface area contributed by atoms with Gasteiger partial charge < -0.3 is 38.3 Å². The monoisotopic (exact) mass is 677 g/mol. The highest BCUT2D eigenvalue weighted by Crippen LogP contribution is 2.41. The molecule has 4 rings (SSSR count). The molecule has 2 bridgehead atoms. The molecule has 12 heteroatoms. The van der Waals surface area contributed by atoms with E-state index in [9.17, 15) is 19.2 Å². The number of esters is 1. The van der Waals surface area contributed by atoms with E-state index in [1.807, 2.05) is 61.0 Å². The lowest BCUT2D eigenvalue weighted by atomic mass is 9.78. The molecule has 4 aliphatic rings. The first-order chi connectivity index (χ1) is 22.5. The normalized spacial score (nSPS) is 44.5. The van der Waals surface area contributed by atoms with Crippen molar-refractivity contribution in [1.82, 2.24) is 14.7 Å². The van der Waals surface area contributed by atoms with Crippen molar-refractivity contribution < 1.29 is 42.9 Å². The predicted octanol–water partition coefficient (Wildman–Crippen LogP) is 3.70. The minimum Gasteiger partial charge on any atom is -0.458 e. The molecule has 0 spiro atoms. The fourth-order valence-electron chi connectivity index (χ4n) is 8.67. The van der Waals surface area contributed by atoms with Gasteiger partial charge in [0.1, 0.15) is 24.4 Å². The number of rotatable bonds is 5. The van der Waals surface area contributed by atoms with Crippen LogP contribution in [0.15, 0.2) is 12.2 Å². The standard InChI is InChI=1S/C36H59N3O9/c1-12-28-36(8)30-25(6)38(11)19-21(2)18-35(7,44-16-14-13-15-39(30)34(43)48-36)31(23(4)29(41)24(5)32(42)46-28)47-33-22(3)27(37(9)10)17-26(20-40)45-33/h13-14,20-28,30-31,33H,12,15-19H2,1-11H3/b14-13+/t21-,22-,23+,24?,25-,26+,27?,28-,30-,31-,33+,35-,36-/m1/s1. The molecule has 13 atom stereocenters. The third-order valence-corrected chi connectivity index (χ3v) is 11.4. The topological polar surface area (TPSA) is 124 Å². The number of hydrogen-bond acceptors (Lipinski definition) is 11. The number of hydrogen-bond donors (Lipinski definition) is 0. The summed E-state index contributed by atoms with van der Waals surface area (Å²) in [6.07, 6.45) is 2.44. The molecular formula is C36H59N3O9. The fourth-order valence-corrected chi connectivity index (χ4v) is 8.67. The van der Waals surface area contributed by atoms with Crippen molar-refractivity contribution in [2.45, 2.75) is 129 Å². The van der Waals surface area contributed by atoms with Gasteiger partial charge in [-0.25, -0.2) is 4.79 Å². The first-order valence-corrected chi connectivity index (χ1v) is 17.6. The molecule has 48 heavy (non-hydrogen) atoms. The largest absolute Gasteiger partial charge is 0.458 e. The Kier molecular flexibility index (Phi) is 12.2. The van der Waals surface area contributed by atoms with Crippen LogP contribution in [0.5, 0.6) is 0 Å². The van der Waals surface area contributed by atoms with Crippen molar-refractivity contribution in [2.75, 3.05) is 40.8 Å². The lowest BCUT2D eigenvalue weighted by Crippen LogP contribution is -2.61. The van der Waals surface area contributed by atoms with Crippen molar-refractivity contribution >= 4 is 24.1 Å². The van der Waals surface area contributed by atoms with Gasteiger partial charge in [-0.2, -0.15) is 0 Å². The molecule has 4 aliphatic heterocycles. The number of ether oxygens (including phenoxy) is 5. The molecule has 0 aromatic carbocycles. The van der Waals surface area contributed by atoms with Gasteiger partial charge in [-0.1, -0.05) is 39.8 Å². The van der Waals surface area contributed by atoms with Gasteiger partial charge in [-0.3, -0.25) is 14.5 Å². The van der Waals surface area contributed by atoms with E-state index in [2.05, 4.69) is 23.6 Å². The molecule has 0 N–H and O–H groups in total. The van der Waals surface area contributed by atoms with E-state index in [0.29, 0.717) is 25.8 Å². The average molecular weight is 678 g/mol. The molecule has 12 nitrogen and oxygen atoms in total. The number of cyclic esters (lactones) is 1. The van der Waals surface area contributed by atoms with Gasteiger partial charge in [0.05, 0.1) is 24.4 Å². The van der Waals surface area contributed by atoms with Crippen LogP contribution in [0.3, 0.4) is 0 Å². The van der Waals surface area contributed by atoms with E-state index in [-0.39, 0.29) is 42.9 Å². The summed E-state index contributed by atoms with van der Waals surface area (Å²) in [7, 11) is 5.97. The minimum atomic E-state index is -1.16. The van der Waals surface area contributed by atoms with Crippen molar-refractivity contribution in [1.29, 1.82) is 0 Å². The van der Waals surface area contributed by atoms with Crippen LogP contribution in [-0.4, -0.2) is 134 Å². The first kappa shape index (κ1) is 38.4. The van der Waals surface area contributed by atoms with Crippen LogP contribution in [0.4, 0.5) is 4.79 Å². The Hall–Kier alpha value is -2.38. The molecule has 3 fully saturated rings. The summed E-state index contributed by atoms with van der Waals surface area (Å²) in [6.45, 7) is 16.4. The van der Waals surface area contributed by atoms with Crippen LogP contribution in [-0.2, 0) is 38.1 Å². The molecule has 272 valence electrons. The summed E-state index contributed by atoms with van der Waals surface area (Å²) in [6, 6.07) is -0.612. The number of likely N-dealkylation sites (N-methyl/N-ethyl adjacent to an activating group) is 1. The van der Waals surface area contributed by atoms with Gasteiger partial charge in [-0.05, 0) is 74.0 Å². The zero-order valence-corrected chi connectivity index (χ0v) is 30.8. The Morgan fingerprint density at radius 2 is 1.77 bits per heavy atom. The second-order valence-electron chi connectivity index (χ2n) is 15.3. The van der Waals surface area contributed by atoms with Crippen LogP contribution >= 0.6 is 0 Å². The fraction of sp³-hybridized carbons (Fsp3) is 0.833. The highest BCUT2D eigenvalue weighted by atomic mass is 16.7. The Morgan fingerprint density at radius 1 is 1.08 bits per heavy atom. The molecule has 0 aromatic heterocycles. The zero-order valence-electron chi connectivity index (χ0n) is 30.8. The van der Waals surface area contributed by atoms with Crippen molar-refractivity contribution in [3.8, 4) is 0 Å². The van der Waals surface area contributed by atoms with Crippen LogP contribution in [0, 0.1) is 23.7 Å². The maximum atomic E-state index is 14.3. The molecule has 3 saturated heterocycles. The van der Waals surface area contributed by atoms with Gasteiger partial charge in [0, 0.05) is 37.0 Å². The maximum Gasteiger partial charge on any atom is 0.411 e. The number of fused-ring (bicyclic) bond motifs is 5.